The molecule has 1 heterocycles. The average molecular weight is 201 g/mol. The molecular formula is C10H19NO3. The van der Waals surface area contributed by atoms with Crippen LogP contribution in [0, 0.1) is 0 Å². The molecule has 0 aromatic carbocycles. The molecule has 0 bridgehead atoms. The largest absolute Gasteiger partial charge is 0.444 e. The molecule has 1 rings (SSSR count). The highest BCUT2D eigenvalue weighted by molar-refractivity contribution is 5.68. The second kappa shape index (κ2) is 4.17. The lowest BCUT2D eigenvalue weighted by Gasteiger charge is -2.22. The smallest absolute Gasteiger partial charge is 0.407 e. The van der Waals surface area contributed by atoms with Gasteiger partial charge < -0.3 is 14.8 Å². The molecule has 1 aliphatic heterocycles. The number of alkyl carbamates (subject to hydrolysis) is 1. The van der Waals surface area contributed by atoms with E-state index in [4.69, 9.17) is 9.47 Å². The van der Waals surface area contributed by atoms with E-state index in [2.05, 4.69) is 5.32 Å². The van der Waals surface area contributed by atoms with Crippen molar-refractivity contribution >= 4 is 6.09 Å². The Hall–Kier alpha value is -0.770. The highest BCUT2D eigenvalue weighted by Gasteiger charge is 2.33. The van der Waals surface area contributed by atoms with Crippen molar-refractivity contribution in [3.05, 3.63) is 0 Å². The first-order valence-corrected chi connectivity index (χ1v) is 5.03. The standard InChI is InChI=1S/C10H19NO3/c1-5-7(8-6-13-8)11-9(12)14-10(2,3)4/h7-8H,5-6H2,1-4H3,(H,11,12). The molecule has 4 nitrogen and oxygen atoms in total. The Labute approximate surface area is 85.0 Å². The van der Waals surface area contributed by atoms with Crippen molar-refractivity contribution in [3.8, 4) is 0 Å². The first kappa shape index (κ1) is 11.3. The number of nitrogens with one attached hydrogen (secondary N) is 1. The molecule has 0 aliphatic carbocycles. The Kier molecular flexibility index (Phi) is 3.37. The van der Waals surface area contributed by atoms with E-state index in [1.165, 1.54) is 0 Å². The van der Waals surface area contributed by atoms with Gasteiger partial charge in [0.2, 0.25) is 0 Å². The predicted molar refractivity (Wildman–Crippen MR) is 53.2 cm³/mol. The number of epoxide rings is 1. The van der Waals surface area contributed by atoms with Crippen LogP contribution in [0.1, 0.15) is 34.1 Å². The summed E-state index contributed by atoms with van der Waals surface area (Å²) in [5.41, 5.74) is -0.438. The van der Waals surface area contributed by atoms with Crippen molar-refractivity contribution in [2.75, 3.05) is 6.61 Å². The zero-order valence-electron chi connectivity index (χ0n) is 9.29. The molecule has 0 aromatic heterocycles. The predicted octanol–water partition coefficient (Wildman–Crippen LogP) is 1.69. The minimum atomic E-state index is -0.438. The summed E-state index contributed by atoms with van der Waals surface area (Å²) in [6.07, 6.45) is 0.691. The zero-order valence-corrected chi connectivity index (χ0v) is 9.29. The number of hydrogen-bond acceptors (Lipinski definition) is 3. The third kappa shape index (κ3) is 3.96. The van der Waals surface area contributed by atoms with Gasteiger partial charge in [0.25, 0.3) is 0 Å². The lowest BCUT2D eigenvalue weighted by atomic mass is 10.2. The van der Waals surface area contributed by atoms with Gasteiger partial charge in [0.1, 0.15) is 11.7 Å². The molecule has 2 atom stereocenters. The number of rotatable bonds is 3. The van der Waals surface area contributed by atoms with E-state index in [0.29, 0.717) is 0 Å². The van der Waals surface area contributed by atoms with Gasteiger partial charge in [-0.3, -0.25) is 0 Å². The van der Waals surface area contributed by atoms with Gasteiger partial charge >= 0.3 is 6.09 Å². The van der Waals surface area contributed by atoms with Gasteiger partial charge in [-0.05, 0) is 27.2 Å². The second-order valence-electron chi connectivity index (χ2n) is 4.53. The number of ether oxygens (including phenoxy) is 2. The lowest BCUT2D eigenvalue weighted by Crippen LogP contribution is -2.41. The number of hydrogen-bond donors (Lipinski definition) is 1. The summed E-state index contributed by atoms with van der Waals surface area (Å²) < 4.78 is 10.3. The number of carbonyl (C=O) groups is 1. The second-order valence-corrected chi connectivity index (χ2v) is 4.53. The van der Waals surface area contributed by atoms with E-state index >= 15 is 0 Å². The van der Waals surface area contributed by atoms with E-state index in [0.717, 1.165) is 13.0 Å². The number of carbonyl (C=O) groups excluding carboxylic acids is 1. The lowest BCUT2D eigenvalue weighted by molar-refractivity contribution is 0.0493. The summed E-state index contributed by atoms with van der Waals surface area (Å²) in [6, 6.07) is 0.0878. The summed E-state index contributed by atoms with van der Waals surface area (Å²) in [5.74, 6) is 0. The van der Waals surface area contributed by atoms with Crippen molar-refractivity contribution in [1.82, 2.24) is 5.32 Å². The summed E-state index contributed by atoms with van der Waals surface area (Å²) in [6.45, 7) is 8.31. The van der Waals surface area contributed by atoms with Gasteiger partial charge in [-0.15, -0.1) is 0 Å². The van der Waals surface area contributed by atoms with Crippen molar-refractivity contribution in [2.24, 2.45) is 0 Å². The molecule has 1 aliphatic rings. The molecule has 0 saturated carbocycles. The molecule has 1 amide bonds. The van der Waals surface area contributed by atoms with Gasteiger partial charge in [-0.2, -0.15) is 0 Å². The van der Waals surface area contributed by atoms with Crippen molar-refractivity contribution in [1.29, 1.82) is 0 Å². The highest BCUT2D eigenvalue weighted by Crippen LogP contribution is 2.17. The van der Waals surface area contributed by atoms with E-state index in [9.17, 15) is 4.79 Å². The van der Waals surface area contributed by atoms with Crippen LogP contribution < -0.4 is 5.32 Å². The van der Waals surface area contributed by atoms with E-state index in [1.807, 2.05) is 27.7 Å². The SMILES string of the molecule is CCC(NC(=O)OC(C)(C)C)C1CO1. The maximum Gasteiger partial charge on any atom is 0.407 e. The Morgan fingerprint density at radius 1 is 1.64 bits per heavy atom. The molecule has 1 fully saturated rings. The maximum absolute atomic E-state index is 11.4. The minimum Gasteiger partial charge on any atom is -0.444 e. The van der Waals surface area contributed by atoms with Crippen LogP contribution in [0.4, 0.5) is 4.79 Å². The van der Waals surface area contributed by atoms with E-state index in [-0.39, 0.29) is 18.2 Å². The molecule has 14 heavy (non-hydrogen) atoms. The van der Waals surface area contributed by atoms with Crippen LogP contribution in [-0.2, 0) is 9.47 Å². The Morgan fingerprint density at radius 3 is 2.57 bits per heavy atom. The average Bonchev–Trinajstić information content (AvgIpc) is 2.78. The fourth-order valence-electron chi connectivity index (χ4n) is 1.20. The Bertz CT molecular complexity index is 206. The normalized spacial score (nSPS) is 22.7. The van der Waals surface area contributed by atoms with Crippen LogP contribution in [0.15, 0.2) is 0 Å². The Balaban J connectivity index is 2.31. The monoisotopic (exact) mass is 201 g/mol. The summed E-state index contributed by atoms with van der Waals surface area (Å²) in [4.78, 5) is 11.4. The van der Waals surface area contributed by atoms with Crippen LogP contribution >= 0.6 is 0 Å². The molecule has 2 unspecified atom stereocenters. The third-order valence-electron chi connectivity index (χ3n) is 1.95. The number of amides is 1. The first-order chi connectivity index (χ1) is 6.42. The quantitative estimate of drug-likeness (QED) is 0.707. The molecule has 0 spiro atoms. The molecule has 1 saturated heterocycles. The maximum atomic E-state index is 11.4. The summed E-state index contributed by atoms with van der Waals surface area (Å²) in [7, 11) is 0. The van der Waals surface area contributed by atoms with Gasteiger partial charge in [0, 0.05) is 0 Å². The van der Waals surface area contributed by atoms with Crippen molar-refractivity contribution in [2.45, 2.75) is 51.9 Å². The highest BCUT2D eigenvalue weighted by atomic mass is 16.6. The first-order valence-electron chi connectivity index (χ1n) is 5.03. The molecule has 0 radical (unpaired) electrons. The fourth-order valence-corrected chi connectivity index (χ4v) is 1.20. The molecular weight excluding hydrogens is 182 g/mol. The van der Waals surface area contributed by atoms with Gasteiger partial charge in [0.15, 0.2) is 0 Å². The molecule has 4 heteroatoms. The van der Waals surface area contributed by atoms with E-state index in [1.54, 1.807) is 0 Å². The third-order valence-corrected chi connectivity index (χ3v) is 1.95. The van der Waals surface area contributed by atoms with Crippen LogP contribution in [0.3, 0.4) is 0 Å². The van der Waals surface area contributed by atoms with Gasteiger partial charge in [-0.1, -0.05) is 6.92 Å². The van der Waals surface area contributed by atoms with E-state index < -0.39 is 5.60 Å². The van der Waals surface area contributed by atoms with Crippen LogP contribution in [0.2, 0.25) is 0 Å². The molecule has 82 valence electrons. The Morgan fingerprint density at radius 2 is 2.21 bits per heavy atom. The van der Waals surface area contributed by atoms with Crippen LogP contribution in [-0.4, -0.2) is 30.4 Å². The van der Waals surface area contributed by atoms with Gasteiger partial charge in [-0.25, -0.2) is 4.79 Å². The topological polar surface area (TPSA) is 50.9 Å². The summed E-state index contributed by atoms with van der Waals surface area (Å²) in [5, 5.41) is 2.80. The van der Waals surface area contributed by atoms with Gasteiger partial charge in [0.05, 0.1) is 12.6 Å². The van der Waals surface area contributed by atoms with Crippen molar-refractivity contribution < 1.29 is 14.3 Å². The fraction of sp³-hybridized carbons (Fsp3) is 0.900. The summed E-state index contributed by atoms with van der Waals surface area (Å²) >= 11 is 0. The zero-order chi connectivity index (χ0) is 10.8. The minimum absolute atomic E-state index is 0.0878. The van der Waals surface area contributed by atoms with Crippen LogP contribution in [0.25, 0.3) is 0 Å². The molecule has 0 aromatic rings. The van der Waals surface area contributed by atoms with Crippen LogP contribution in [0.5, 0.6) is 0 Å². The van der Waals surface area contributed by atoms with Crippen molar-refractivity contribution in [3.63, 3.8) is 0 Å². The molecule has 1 N–H and O–H groups in total.